The Morgan fingerprint density at radius 3 is 2.63 bits per heavy atom. The third-order valence-corrected chi connectivity index (χ3v) is 4.88. The van der Waals surface area contributed by atoms with Gasteiger partial charge >= 0.3 is 11.7 Å². The van der Waals surface area contributed by atoms with Gasteiger partial charge in [-0.25, -0.2) is 9.59 Å². The summed E-state index contributed by atoms with van der Waals surface area (Å²) in [5, 5.41) is 9.05. The van der Waals surface area contributed by atoms with Crippen LogP contribution in [-0.2, 0) is 20.5 Å². The lowest BCUT2D eigenvalue weighted by atomic mass is 9.99. The van der Waals surface area contributed by atoms with E-state index < -0.39 is 17.2 Å². The van der Waals surface area contributed by atoms with Crippen molar-refractivity contribution >= 4 is 11.9 Å². The fraction of sp³-hybridized carbons (Fsp3) is 0.389. The lowest BCUT2D eigenvalue weighted by Gasteiger charge is -2.18. The van der Waals surface area contributed by atoms with E-state index in [1.165, 1.54) is 30.9 Å². The second-order valence-corrected chi connectivity index (χ2v) is 6.77. The summed E-state index contributed by atoms with van der Waals surface area (Å²) in [5.74, 6) is -1.23. The van der Waals surface area contributed by atoms with Gasteiger partial charge in [0.25, 0.3) is 11.5 Å². The first-order valence-corrected chi connectivity index (χ1v) is 8.51. The number of aromatic carboxylic acids is 1. The van der Waals surface area contributed by atoms with Crippen LogP contribution in [0.2, 0.25) is 0 Å². The van der Waals surface area contributed by atoms with Crippen LogP contribution in [-0.4, -0.2) is 49.1 Å². The maximum atomic E-state index is 12.8. The molecule has 1 saturated heterocycles. The van der Waals surface area contributed by atoms with Crippen molar-refractivity contribution in [1.82, 2.24) is 19.0 Å². The number of rotatable bonds is 4. The Morgan fingerprint density at radius 1 is 1.19 bits per heavy atom. The fourth-order valence-electron chi connectivity index (χ4n) is 3.33. The smallest absolute Gasteiger partial charge is 0.337 e. The average Bonchev–Trinajstić information content (AvgIpc) is 3.11. The van der Waals surface area contributed by atoms with Crippen LogP contribution in [0.15, 0.2) is 34.1 Å². The van der Waals surface area contributed by atoms with E-state index in [1.807, 2.05) is 0 Å². The molecule has 142 valence electrons. The normalized spacial score (nSPS) is 16.5. The minimum absolute atomic E-state index is 0.0679. The van der Waals surface area contributed by atoms with Gasteiger partial charge in [-0.1, -0.05) is 0 Å². The molecule has 0 aromatic carbocycles. The molecule has 9 heteroatoms. The molecular formula is C18H20N4O5. The Hall–Kier alpha value is -3.23. The van der Waals surface area contributed by atoms with E-state index in [0.29, 0.717) is 19.5 Å². The number of pyridine rings is 1. The maximum absolute atomic E-state index is 12.8. The van der Waals surface area contributed by atoms with E-state index in [1.54, 1.807) is 17.2 Å². The van der Waals surface area contributed by atoms with Gasteiger partial charge in [0.1, 0.15) is 5.69 Å². The maximum Gasteiger partial charge on any atom is 0.337 e. The minimum Gasteiger partial charge on any atom is -0.478 e. The molecule has 1 aliphatic heterocycles. The largest absolute Gasteiger partial charge is 0.478 e. The quantitative estimate of drug-likeness (QED) is 0.800. The van der Waals surface area contributed by atoms with Gasteiger partial charge in [-0.2, -0.15) is 0 Å². The molecule has 9 nitrogen and oxygen atoms in total. The Morgan fingerprint density at radius 2 is 1.93 bits per heavy atom. The van der Waals surface area contributed by atoms with E-state index in [-0.39, 0.29) is 23.1 Å². The molecule has 3 heterocycles. The highest BCUT2D eigenvalue weighted by atomic mass is 16.4. The van der Waals surface area contributed by atoms with Crippen LogP contribution in [0.3, 0.4) is 0 Å². The Bertz CT molecular complexity index is 1020. The molecule has 1 fully saturated rings. The second kappa shape index (κ2) is 7.18. The van der Waals surface area contributed by atoms with Crippen molar-refractivity contribution in [3.63, 3.8) is 0 Å². The number of hydrogen-bond acceptors (Lipinski definition) is 5. The fourth-order valence-corrected chi connectivity index (χ4v) is 3.33. The summed E-state index contributed by atoms with van der Waals surface area (Å²) in [6.07, 6.45) is 4.28. The number of carbonyl (C=O) groups excluding carboxylic acids is 1. The SMILES string of the molecule is Cn1c(C(=O)N2CCC(Cc3cncc(C(=O)O)c3)C2)cc(=O)n(C)c1=O. The molecule has 0 saturated carbocycles. The molecule has 0 aliphatic carbocycles. The summed E-state index contributed by atoms with van der Waals surface area (Å²) in [6, 6.07) is 2.77. The van der Waals surface area contributed by atoms with Crippen molar-refractivity contribution in [3.8, 4) is 0 Å². The highest BCUT2D eigenvalue weighted by molar-refractivity contribution is 5.92. The van der Waals surface area contributed by atoms with Gasteiger partial charge in [-0.15, -0.1) is 0 Å². The molecule has 0 bridgehead atoms. The van der Waals surface area contributed by atoms with Crippen LogP contribution < -0.4 is 11.2 Å². The van der Waals surface area contributed by atoms with Gasteiger partial charge in [0.2, 0.25) is 0 Å². The first-order valence-electron chi connectivity index (χ1n) is 8.51. The number of carboxylic acid groups (broad SMARTS) is 1. The summed E-state index contributed by atoms with van der Waals surface area (Å²) < 4.78 is 2.13. The van der Waals surface area contributed by atoms with Gasteiger partial charge in [0.05, 0.1) is 5.56 Å². The molecule has 3 rings (SSSR count). The van der Waals surface area contributed by atoms with Crippen LogP contribution in [0.5, 0.6) is 0 Å². The third-order valence-electron chi connectivity index (χ3n) is 4.88. The standard InChI is InChI=1S/C18H20N4O5/c1-20-14(7-15(23)21(2)18(20)27)16(24)22-4-3-11(10-22)5-12-6-13(17(25)26)9-19-8-12/h6-9,11H,3-5,10H2,1-2H3,(H,25,26). The first-order chi connectivity index (χ1) is 12.8. The monoisotopic (exact) mass is 372 g/mol. The zero-order valence-corrected chi connectivity index (χ0v) is 15.1. The molecule has 2 aromatic heterocycles. The lowest BCUT2D eigenvalue weighted by Crippen LogP contribution is -2.42. The van der Waals surface area contributed by atoms with Crippen LogP contribution in [0, 0.1) is 5.92 Å². The zero-order chi connectivity index (χ0) is 19.7. The predicted molar refractivity (Wildman–Crippen MR) is 95.8 cm³/mol. The van der Waals surface area contributed by atoms with E-state index in [0.717, 1.165) is 16.6 Å². The number of carboxylic acids is 1. The number of likely N-dealkylation sites (tertiary alicyclic amines) is 1. The van der Waals surface area contributed by atoms with Gasteiger partial charge in [0, 0.05) is 45.6 Å². The van der Waals surface area contributed by atoms with Crippen LogP contribution in [0.4, 0.5) is 0 Å². The van der Waals surface area contributed by atoms with Crippen molar-refractivity contribution in [1.29, 1.82) is 0 Å². The molecule has 1 N–H and O–H groups in total. The van der Waals surface area contributed by atoms with Crippen molar-refractivity contribution in [2.24, 2.45) is 20.0 Å². The van der Waals surface area contributed by atoms with Crippen LogP contribution >= 0.6 is 0 Å². The van der Waals surface area contributed by atoms with Crippen LogP contribution in [0.25, 0.3) is 0 Å². The van der Waals surface area contributed by atoms with E-state index in [4.69, 9.17) is 5.11 Å². The summed E-state index contributed by atoms with van der Waals surface area (Å²) in [7, 11) is 2.83. The molecular weight excluding hydrogens is 352 g/mol. The number of carbonyl (C=O) groups is 2. The molecule has 27 heavy (non-hydrogen) atoms. The Labute approximate surface area is 154 Å². The third kappa shape index (κ3) is 3.67. The van der Waals surface area contributed by atoms with E-state index in [9.17, 15) is 19.2 Å². The zero-order valence-electron chi connectivity index (χ0n) is 15.1. The molecule has 0 radical (unpaired) electrons. The van der Waals surface area contributed by atoms with Crippen molar-refractivity contribution in [2.45, 2.75) is 12.8 Å². The second-order valence-electron chi connectivity index (χ2n) is 6.77. The molecule has 1 unspecified atom stereocenters. The van der Waals surface area contributed by atoms with E-state index in [2.05, 4.69) is 4.98 Å². The van der Waals surface area contributed by atoms with E-state index >= 15 is 0 Å². The summed E-state index contributed by atoms with van der Waals surface area (Å²) in [5.41, 5.74) is -0.0612. The number of amides is 1. The number of hydrogen-bond donors (Lipinski definition) is 1. The van der Waals surface area contributed by atoms with Gasteiger partial charge < -0.3 is 10.0 Å². The minimum atomic E-state index is -1.03. The average molecular weight is 372 g/mol. The highest BCUT2D eigenvalue weighted by Gasteiger charge is 2.29. The van der Waals surface area contributed by atoms with Gasteiger partial charge in [0.15, 0.2) is 0 Å². The molecule has 1 atom stereocenters. The van der Waals surface area contributed by atoms with Crippen molar-refractivity contribution in [2.75, 3.05) is 13.1 Å². The number of nitrogens with zero attached hydrogens (tertiary/aromatic N) is 4. The first kappa shape index (κ1) is 18.6. The lowest BCUT2D eigenvalue weighted by molar-refractivity contribution is 0.0695. The molecule has 2 aromatic rings. The topological polar surface area (TPSA) is 114 Å². The van der Waals surface area contributed by atoms with Crippen LogP contribution in [0.1, 0.15) is 32.8 Å². The van der Waals surface area contributed by atoms with Crippen molar-refractivity contribution < 1.29 is 14.7 Å². The predicted octanol–water partition coefficient (Wildman–Crippen LogP) is -0.118. The molecule has 0 spiro atoms. The summed E-state index contributed by atoms with van der Waals surface area (Å²) in [6.45, 7) is 0.985. The molecule has 1 amide bonds. The Balaban J connectivity index is 1.74. The van der Waals surface area contributed by atoms with Crippen molar-refractivity contribution in [3.05, 3.63) is 62.2 Å². The summed E-state index contributed by atoms with van der Waals surface area (Å²) in [4.78, 5) is 53.2. The highest BCUT2D eigenvalue weighted by Crippen LogP contribution is 2.22. The van der Waals surface area contributed by atoms with Gasteiger partial charge in [-0.05, 0) is 30.4 Å². The molecule has 1 aliphatic rings. The Kier molecular flexibility index (Phi) is 4.93. The number of aromatic nitrogens is 3. The summed E-state index contributed by atoms with van der Waals surface area (Å²) >= 11 is 0. The van der Waals surface area contributed by atoms with Gasteiger partial charge in [-0.3, -0.25) is 23.7 Å².